The van der Waals surface area contributed by atoms with Crippen LogP contribution >= 0.6 is 0 Å². The predicted molar refractivity (Wildman–Crippen MR) is 73.7 cm³/mol. The SMILES string of the molecule is COc1cc(C(=O)NC2CCCC2)cc2c1OCCO2. The standard InChI is InChI=1S/C15H19NO4/c1-18-12-8-10(9-13-14(12)20-7-6-19-13)15(17)16-11-4-2-3-5-11/h8-9,11H,2-7H2,1H3,(H,16,17). The summed E-state index contributed by atoms with van der Waals surface area (Å²) in [4.78, 5) is 12.3. The summed E-state index contributed by atoms with van der Waals surface area (Å²) in [5.41, 5.74) is 0.554. The van der Waals surface area contributed by atoms with E-state index in [1.807, 2.05) is 0 Å². The molecule has 2 aliphatic rings. The summed E-state index contributed by atoms with van der Waals surface area (Å²) in [6.45, 7) is 0.987. The predicted octanol–water partition coefficient (Wildman–Crippen LogP) is 2.14. The largest absolute Gasteiger partial charge is 0.493 e. The lowest BCUT2D eigenvalue weighted by molar-refractivity contribution is 0.0936. The molecule has 5 nitrogen and oxygen atoms in total. The lowest BCUT2D eigenvalue weighted by Crippen LogP contribution is -2.32. The maximum Gasteiger partial charge on any atom is 0.251 e. The van der Waals surface area contributed by atoms with Crippen LogP contribution in [-0.4, -0.2) is 32.3 Å². The van der Waals surface area contributed by atoms with Crippen molar-refractivity contribution in [1.29, 1.82) is 0 Å². The van der Waals surface area contributed by atoms with Gasteiger partial charge in [0.25, 0.3) is 5.91 Å². The summed E-state index contributed by atoms with van der Waals surface area (Å²) in [7, 11) is 1.56. The molecule has 1 N–H and O–H groups in total. The fraction of sp³-hybridized carbons (Fsp3) is 0.533. The van der Waals surface area contributed by atoms with Crippen molar-refractivity contribution < 1.29 is 19.0 Å². The third-order valence-corrected chi connectivity index (χ3v) is 3.78. The number of amides is 1. The number of hydrogen-bond acceptors (Lipinski definition) is 4. The smallest absolute Gasteiger partial charge is 0.251 e. The van der Waals surface area contributed by atoms with Crippen LogP contribution in [0.5, 0.6) is 17.2 Å². The van der Waals surface area contributed by atoms with Crippen molar-refractivity contribution in [2.24, 2.45) is 0 Å². The summed E-state index contributed by atoms with van der Waals surface area (Å²) in [5.74, 6) is 1.62. The van der Waals surface area contributed by atoms with E-state index < -0.39 is 0 Å². The van der Waals surface area contributed by atoms with Gasteiger partial charge in [0.15, 0.2) is 11.5 Å². The van der Waals surface area contributed by atoms with Crippen molar-refractivity contribution in [3.8, 4) is 17.2 Å². The van der Waals surface area contributed by atoms with Crippen LogP contribution in [0.15, 0.2) is 12.1 Å². The number of fused-ring (bicyclic) bond motifs is 1. The minimum Gasteiger partial charge on any atom is -0.493 e. The van der Waals surface area contributed by atoms with Crippen molar-refractivity contribution in [2.45, 2.75) is 31.7 Å². The molecule has 0 bridgehead atoms. The number of carbonyl (C=O) groups excluding carboxylic acids is 1. The minimum atomic E-state index is -0.0767. The van der Waals surface area contributed by atoms with Crippen LogP contribution in [0, 0.1) is 0 Å². The van der Waals surface area contributed by atoms with Crippen LogP contribution in [0.1, 0.15) is 36.0 Å². The monoisotopic (exact) mass is 277 g/mol. The molecule has 1 heterocycles. The molecule has 20 heavy (non-hydrogen) atoms. The van der Waals surface area contributed by atoms with Gasteiger partial charge in [-0.1, -0.05) is 12.8 Å². The van der Waals surface area contributed by atoms with E-state index in [0.29, 0.717) is 42.1 Å². The van der Waals surface area contributed by atoms with E-state index in [1.54, 1.807) is 19.2 Å². The zero-order valence-electron chi connectivity index (χ0n) is 11.6. The van der Waals surface area contributed by atoms with E-state index >= 15 is 0 Å². The van der Waals surface area contributed by atoms with Crippen LogP contribution in [-0.2, 0) is 0 Å². The highest BCUT2D eigenvalue weighted by molar-refractivity contribution is 5.95. The molecule has 1 fully saturated rings. The Morgan fingerprint density at radius 3 is 2.75 bits per heavy atom. The molecule has 0 unspecified atom stereocenters. The second-order valence-corrected chi connectivity index (χ2v) is 5.16. The first kappa shape index (κ1) is 13.1. The average Bonchev–Trinajstić information content (AvgIpc) is 2.99. The summed E-state index contributed by atoms with van der Waals surface area (Å²) in [6, 6.07) is 3.72. The molecule has 0 radical (unpaired) electrons. The third-order valence-electron chi connectivity index (χ3n) is 3.78. The van der Waals surface area contributed by atoms with Crippen molar-refractivity contribution in [1.82, 2.24) is 5.32 Å². The van der Waals surface area contributed by atoms with Gasteiger partial charge in [0.2, 0.25) is 5.75 Å². The van der Waals surface area contributed by atoms with Crippen LogP contribution in [0.2, 0.25) is 0 Å². The lowest BCUT2D eigenvalue weighted by atomic mass is 10.1. The van der Waals surface area contributed by atoms with Crippen molar-refractivity contribution >= 4 is 5.91 Å². The quantitative estimate of drug-likeness (QED) is 0.919. The maximum atomic E-state index is 12.3. The average molecular weight is 277 g/mol. The zero-order chi connectivity index (χ0) is 13.9. The van der Waals surface area contributed by atoms with Gasteiger partial charge in [-0.3, -0.25) is 4.79 Å². The van der Waals surface area contributed by atoms with E-state index in [9.17, 15) is 4.79 Å². The highest BCUT2D eigenvalue weighted by Gasteiger charge is 2.23. The Bertz CT molecular complexity index is 492. The van der Waals surface area contributed by atoms with Gasteiger partial charge >= 0.3 is 0 Å². The van der Waals surface area contributed by atoms with Gasteiger partial charge in [0, 0.05) is 11.6 Å². The van der Waals surface area contributed by atoms with E-state index in [0.717, 1.165) is 12.8 Å². The fourth-order valence-electron chi connectivity index (χ4n) is 2.74. The summed E-state index contributed by atoms with van der Waals surface area (Å²) in [5, 5.41) is 3.06. The molecule has 1 aliphatic heterocycles. The topological polar surface area (TPSA) is 56.8 Å². The molecule has 1 aliphatic carbocycles. The molecule has 0 aromatic heterocycles. The number of nitrogens with one attached hydrogen (secondary N) is 1. The van der Waals surface area contributed by atoms with Gasteiger partial charge in [0.1, 0.15) is 13.2 Å². The van der Waals surface area contributed by atoms with Crippen LogP contribution in [0.4, 0.5) is 0 Å². The second-order valence-electron chi connectivity index (χ2n) is 5.16. The molecule has 3 rings (SSSR count). The van der Waals surface area contributed by atoms with Gasteiger partial charge in [-0.05, 0) is 25.0 Å². The Kier molecular flexibility index (Phi) is 3.67. The highest BCUT2D eigenvalue weighted by Crippen LogP contribution is 2.40. The first-order valence-corrected chi connectivity index (χ1v) is 7.06. The highest BCUT2D eigenvalue weighted by atomic mass is 16.6. The molecule has 0 spiro atoms. The van der Waals surface area contributed by atoms with E-state index in [1.165, 1.54) is 12.8 Å². The van der Waals surface area contributed by atoms with Crippen LogP contribution in [0.25, 0.3) is 0 Å². The second kappa shape index (κ2) is 5.61. The number of carbonyl (C=O) groups is 1. The molecule has 1 aromatic carbocycles. The van der Waals surface area contributed by atoms with Gasteiger partial charge in [-0.15, -0.1) is 0 Å². The molecular weight excluding hydrogens is 258 g/mol. The van der Waals surface area contributed by atoms with Gasteiger partial charge in [-0.25, -0.2) is 0 Å². The van der Waals surface area contributed by atoms with E-state index in [4.69, 9.17) is 14.2 Å². The van der Waals surface area contributed by atoms with Crippen molar-refractivity contribution in [3.63, 3.8) is 0 Å². The maximum absolute atomic E-state index is 12.3. The van der Waals surface area contributed by atoms with Crippen LogP contribution < -0.4 is 19.5 Å². The number of hydrogen-bond donors (Lipinski definition) is 1. The van der Waals surface area contributed by atoms with Gasteiger partial charge in [-0.2, -0.15) is 0 Å². The summed E-state index contributed by atoms with van der Waals surface area (Å²) >= 11 is 0. The molecular formula is C15H19NO4. The van der Waals surface area contributed by atoms with Gasteiger partial charge < -0.3 is 19.5 Å². The molecule has 5 heteroatoms. The molecule has 1 amide bonds. The Morgan fingerprint density at radius 2 is 2.00 bits per heavy atom. The zero-order valence-corrected chi connectivity index (χ0v) is 11.6. The Hall–Kier alpha value is -1.91. The Balaban J connectivity index is 1.83. The molecule has 1 aromatic rings. The number of benzene rings is 1. The molecule has 0 atom stereocenters. The van der Waals surface area contributed by atoms with E-state index in [2.05, 4.69) is 5.32 Å². The Morgan fingerprint density at radius 1 is 1.25 bits per heavy atom. The molecule has 108 valence electrons. The first-order valence-electron chi connectivity index (χ1n) is 7.06. The molecule has 1 saturated carbocycles. The first-order chi connectivity index (χ1) is 9.78. The minimum absolute atomic E-state index is 0.0767. The van der Waals surface area contributed by atoms with E-state index in [-0.39, 0.29) is 5.91 Å². The number of methoxy groups -OCH3 is 1. The van der Waals surface area contributed by atoms with Crippen molar-refractivity contribution in [2.75, 3.05) is 20.3 Å². The third kappa shape index (κ3) is 2.53. The Labute approximate surface area is 118 Å². The van der Waals surface area contributed by atoms with Crippen molar-refractivity contribution in [3.05, 3.63) is 17.7 Å². The normalized spacial score (nSPS) is 17.9. The van der Waals surface area contributed by atoms with Gasteiger partial charge in [0.05, 0.1) is 7.11 Å². The summed E-state index contributed by atoms with van der Waals surface area (Å²) in [6.07, 6.45) is 4.51. The fourth-order valence-corrected chi connectivity index (χ4v) is 2.74. The number of rotatable bonds is 3. The summed E-state index contributed by atoms with van der Waals surface area (Å²) < 4.78 is 16.4. The lowest BCUT2D eigenvalue weighted by Gasteiger charge is -2.21. The number of ether oxygens (including phenoxy) is 3. The molecule has 0 saturated heterocycles. The van der Waals surface area contributed by atoms with Crippen LogP contribution in [0.3, 0.4) is 0 Å².